The fourth-order valence-corrected chi connectivity index (χ4v) is 4.06. The first kappa shape index (κ1) is 23.7. The first-order valence-corrected chi connectivity index (χ1v) is 10.8. The molecule has 4 rings (SSSR count). The van der Waals surface area contributed by atoms with Gasteiger partial charge in [-0.15, -0.1) is 0 Å². The summed E-state index contributed by atoms with van der Waals surface area (Å²) in [5.41, 5.74) is 1.13. The lowest BCUT2D eigenvalue weighted by molar-refractivity contribution is -0.173. The summed E-state index contributed by atoms with van der Waals surface area (Å²) in [5, 5.41) is 9.44. The second-order valence-electron chi connectivity index (χ2n) is 7.75. The number of rotatable bonds is 6. The molecule has 34 heavy (non-hydrogen) atoms. The van der Waals surface area contributed by atoms with Crippen LogP contribution < -0.4 is 20.1 Å². The van der Waals surface area contributed by atoms with Gasteiger partial charge in [-0.25, -0.2) is 4.68 Å². The van der Waals surface area contributed by atoms with Crippen molar-refractivity contribution in [2.45, 2.75) is 31.2 Å². The van der Waals surface area contributed by atoms with Gasteiger partial charge >= 0.3 is 6.18 Å². The minimum atomic E-state index is -4.59. The van der Waals surface area contributed by atoms with E-state index in [2.05, 4.69) is 15.7 Å². The molecule has 1 aliphatic heterocycles. The van der Waals surface area contributed by atoms with Crippen LogP contribution in [0.2, 0.25) is 5.02 Å². The Labute approximate surface area is 198 Å². The molecule has 0 fully saturated rings. The number of fused-ring (bicyclic) bond motifs is 1. The SMILES string of the molecule is COc1ccc(CNC(=O)c2nn3c(c2Cl)NC(c2ccc(OC)cc2)CC3C(F)(F)F)cc1. The zero-order valence-electron chi connectivity index (χ0n) is 18.3. The van der Waals surface area contributed by atoms with Gasteiger partial charge in [0.15, 0.2) is 11.7 Å². The number of nitrogens with one attached hydrogen (secondary N) is 2. The van der Waals surface area contributed by atoms with Crippen molar-refractivity contribution in [3.63, 3.8) is 0 Å². The van der Waals surface area contributed by atoms with Gasteiger partial charge in [-0.05, 0) is 35.4 Å². The number of nitrogens with zero attached hydrogens (tertiary/aromatic N) is 2. The molecule has 2 atom stereocenters. The van der Waals surface area contributed by atoms with E-state index in [1.54, 1.807) is 55.6 Å². The highest BCUT2D eigenvalue weighted by Crippen LogP contribution is 2.46. The molecule has 0 saturated carbocycles. The highest BCUT2D eigenvalue weighted by molar-refractivity contribution is 6.36. The smallest absolute Gasteiger partial charge is 0.410 e. The molecule has 7 nitrogen and oxygen atoms in total. The second kappa shape index (κ2) is 9.46. The molecule has 2 unspecified atom stereocenters. The van der Waals surface area contributed by atoms with Crippen LogP contribution >= 0.6 is 11.6 Å². The number of hydrogen-bond donors (Lipinski definition) is 2. The Bertz CT molecular complexity index is 1160. The number of anilines is 1. The molecule has 3 aromatic rings. The first-order chi connectivity index (χ1) is 16.2. The zero-order valence-corrected chi connectivity index (χ0v) is 19.1. The van der Waals surface area contributed by atoms with E-state index < -0.39 is 24.2 Å². The summed E-state index contributed by atoms with van der Waals surface area (Å²) in [7, 11) is 3.05. The largest absolute Gasteiger partial charge is 0.497 e. The average Bonchev–Trinajstić information content (AvgIpc) is 3.18. The normalized spacial score (nSPS) is 17.5. The summed E-state index contributed by atoms with van der Waals surface area (Å²) < 4.78 is 52.8. The van der Waals surface area contributed by atoms with Gasteiger partial charge in [-0.3, -0.25) is 4.79 Å². The number of benzene rings is 2. The van der Waals surface area contributed by atoms with E-state index in [1.165, 1.54) is 7.11 Å². The molecular weight excluding hydrogens is 473 g/mol. The van der Waals surface area contributed by atoms with Crippen LogP contribution in [-0.2, 0) is 6.54 Å². The number of ether oxygens (including phenoxy) is 2. The molecule has 1 aliphatic rings. The Balaban J connectivity index is 1.59. The standard InChI is InChI=1S/C23H22ClF3N4O3/c1-33-15-7-3-13(4-8-15)12-28-22(32)20-19(24)21-29-17(14-5-9-16(34-2)10-6-14)11-18(23(25,26)27)31(21)30-20/h3-10,17-18,29H,11-12H2,1-2H3,(H,28,32). The van der Waals surface area contributed by atoms with Crippen molar-refractivity contribution in [3.8, 4) is 11.5 Å². The molecule has 0 aliphatic carbocycles. The van der Waals surface area contributed by atoms with Gasteiger partial charge in [0.1, 0.15) is 22.3 Å². The van der Waals surface area contributed by atoms with Crippen molar-refractivity contribution in [3.05, 3.63) is 70.4 Å². The fraction of sp³-hybridized carbons (Fsp3) is 0.304. The van der Waals surface area contributed by atoms with Crippen LogP contribution in [0.5, 0.6) is 11.5 Å². The molecule has 2 heterocycles. The Morgan fingerprint density at radius 1 is 1.12 bits per heavy atom. The van der Waals surface area contributed by atoms with E-state index in [0.29, 0.717) is 17.1 Å². The average molecular weight is 495 g/mol. The molecule has 2 aromatic carbocycles. The van der Waals surface area contributed by atoms with Crippen LogP contribution in [-0.4, -0.2) is 36.1 Å². The number of methoxy groups -OCH3 is 2. The Hall–Kier alpha value is -3.40. The van der Waals surface area contributed by atoms with Crippen LogP contribution in [0.1, 0.15) is 40.1 Å². The summed E-state index contributed by atoms with van der Waals surface area (Å²) in [6, 6.07) is 11.1. The number of alkyl halides is 3. The van der Waals surface area contributed by atoms with E-state index >= 15 is 0 Å². The highest BCUT2D eigenvalue weighted by Gasteiger charge is 2.47. The molecule has 0 radical (unpaired) electrons. The molecule has 1 aromatic heterocycles. The number of hydrogen-bond acceptors (Lipinski definition) is 5. The zero-order chi connectivity index (χ0) is 24.5. The number of carbonyl (C=O) groups is 1. The lowest BCUT2D eigenvalue weighted by atomic mass is 9.97. The lowest BCUT2D eigenvalue weighted by Crippen LogP contribution is -2.35. The molecule has 0 bridgehead atoms. The van der Waals surface area contributed by atoms with Gasteiger partial charge in [-0.1, -0.05) is 35.9 Å². The van der Waals surface area contributed by atoms with Gasteiger partial charge in [0.2, 0.25) is 0 Å². The quantitative estimate of drug-likeness (QED) is 0.496. The Kier molecular flexibility index (Phi) is 6.60. The van der Waals surface area contributed by atoms with Gasteiger partial charge in [0.25, 0.3) is 5.91 Å². The summed E-state index contributed by atoms with van der Waals surface area (Å²) in [6.45, 7) is 0.145. The maximum absolute atomic E-state index is 13.9. The van der Waals surface area contributed by atoms with Crippen LogP contribution in [0, 0.1) is 0 Å². The molecule has 0 spiro atoms. The number of aromatic nitrogens is 2. The van der Waals surface area contributed by atoms with Crippen molar-refractivity contribution < 1.29 is 27.4 Å². The fourth-order valence-electron chi connectivity index (χ4n) is 3.80. The van der Waals surface area contributed by atoms with Crippen molar-refractivity contribution in [2.24, 2.45) is 0 Å². The third-order valence-corrected chi connectivity index (χ3v) is 6.00. The van der Waals surface area contributed by atoms with Crippen molar-refractivity contribution >= 4 is 23.3 Å². The maximum Gasteiger partial charge on any atom is 0.410 e. The van der Waals surface area contributed by atoms with Gasteiger partial charge < -0.3 is 20.1 Å². The highest BCUT2D eigenvalue weighted by atomic mass is 35.5. The molecule has 2 N–H and O–H groups in total. The third-order valence-electron chi connectivity index (χ3n) is 5.64. The van der Waals surface area contributed by atoms with Crippen LogP contribution in [0.4, 0.5) is 19.0 Å². The number of halogens is 4. The molecule has 1 amide bonds. The van der Waals surface area contributed by atoms with Gasteiger partial charge in [-0.2, -0.15) is 18.3 Å². The predicted octanol–water partition coefficient (Wildman–Crippen LogP) is 5.14. The van der Waals surface area contributed by atoms with Crippen LogP contribution in [0.3, 0.4) is 0 Å². The summed E-state index contributed by atoms with van der Waals surface area (Å²) in [6.07, 6.45) is -4.90. The molecule has 0 saturated heterocycles. The number of amides is 1. The van der Waals surface area contributed by atoms with E-state index in [4.69, 9.17) is 21.1 Å². The maximum atomic E-state index is 13.9. The Morgan fingerprint density at radius 2 is 1.71 bits per heavy atom. The van der Waals surface area contributed by atoms with E-state index in [0.717, 1.165) is 10.2 Å². The number of carbonyl (C=O) groups excluding carboxylic acids is 1. The monoisotopic (exact) mass is 494 g/mol. The van der Waals surface area contributed by atoms with E-state index in [9.17, 15) is 18.0 Å². The minimum absolute atomic E-state index is 0.0503. The Morgan fingerprint density at radius 3 is 2.26 bits per heavy atom. The van der Waals surface area contributed by atoms with Crippen LogP contribution in [0.15, 0.2) is 48.5 Å². The molecule has 180 valence electrons. The van der Waals surface area contributed by atoms with Gasteiger partial charge in [0, 0.05) is 13.0 Å². The second-order valence-corrected chi connectivity index (χ2v) is 8.13. The van der Waals surface area contributed by atoms with E-state index in [1.807, 2.05) is 0 Å². The lowest BCUT2D eigenvalue weighted by Gasteiger charge is -2.33. The summed E-state index contributed by atoms with van der Waals surface area (Å²) >= 11 is 6.36. The molecular formula is C23H22ClF3N4O3. The topological polar surface area (TPSA) is 77.4 Å². The van der Waals surface area contributed by atoms with E-state index in [-0.39, 0.29) is 29.5 Å². The first-order valence-electron chi connectivity index (χ1n) is 10.4. The summed E-state index contributed by atoms with van der Waals surface area (Å²) in [4.78, 5) is 12.7. The summed E-state index contributed by atoms with van der Waals surface area (Å²) in [5.74, 6) is 0.526. The van der Waals surface area contributed by atoms with Crippen molar-refractivity contribution in [1.82, 2.24) is 15.1 Å². The predicted molar refractivity (Wildman–Crippen MR) is 120 cm³/mol. The van der Waals surface area contributed by atoms with Crippen LogP contribution in [0.25, 0.3) is 0 Å². The van der Waals surface area contributed by atoms with Gasteiger partial charge in [0.05, 0.1) is 20.3 Å². The van der Waals surface area contributed by atoms with Crippen molar-refractivity contribution in [2.75, 3.05) is 19.5 Å². The van der Waals surface area contributed by atoms with Crippen molar-refractivity contribution in [1.29, 1.82) is 0 Å². The third kappa shape index (κ3) is 4.77. The molecule has 11 heteroatoms. The minimum Gasteiger partial charge on any atom is -0.497 e.